The number of para-hydroxylation sites is 2. The predicted molar refractivity (Wildman–Crippen MR) is 76.4 cm³/mol. The second-order valence-corrected chi connectivity index (χ2v) is 4.74. The van der Waals surface area contributed by atoms with E-state index in [1.54, 1.807) is 11.3 Å². The summed E-state index contributed by atoms with van der Waals surface area (Å²) >= 11 is 1.68. The summed E-state index contributed by atoms with van der Waals surface area (Å²) in [5, 5.41) is 4.52. The Morgan fingerprint density at radius 2 is 2.12 bits per heavy atom. The first-order chi connectivity index (χ1) is 7.86. The van der Waals surface area contributed by atoms with Gasteiger partial charge in [-0.1, -0.05) is 12.1 Å². The normalized spacial score (nSPS) is 11.8. The Labute approximate surface area is 110 Å². The lowest BCUT2D eigenvalue weighted by Crippen LogP contribution is -1.91. The topological polar surface area (TPSA) is 50.4 Å². The van der Waals surface area contributed by atoms with Gasteiger partial charge in [-0.15, -0.1) is 23.7 Å². The van der Waals surface area contributed by atoms with Crippen LogP contribution in [0.3, 0.4) is 0 Å². The molecule has 0 atom stereocenters. The van der Waals surface area contributed by atoms with Gasteiger partial charge >= 0.3 is 0 Å². The summed E-state index contributed by atoms with van der Waals surface area (Å²) in [5.74, 6) is 0. The zero-order chi connectivity index (χ0) is 11.0. The Hall–Kier alpha value is -1.36. The van der Waals surface area contributed by atoms with Crippen molar-refractivity contribution in [3.8, 4) is 0 Å². The summed E-state index contributed by atoms with van der Waals surface area (Å²) in [6.45, 7) is 0.578. The first kappa shape index (κ1) is 12.1. The molecule has 0 aliphatic carbocycles. The number of hydrogen-bond acceptors (Lipinski definition) is 4. The molecular formula is C12H12ClN3S. The fourth-order valence-corrected chi connectivity index (χ4v) is 2.63. The molecule has 0 spiro atoms. The van der Waals surface area contributed by atoms with Gasteiger partial charge in [0.1, 0.15) is 5.00 Å². The van der Waals surface area contributed by atoms with E-state index in [4.69, 9.17) is 5.73 Å². The Bertz CT molecular complexity index is 563. The standard InChI is InChI=1S/C12H11N3S.ClH/c13-6-9-5-8-7-14-10-3-1-2-4-11(10)15-12(8)16-9;/h1-5,7,15H,6,13H2;1H. The molecule has 1 aliphatic heterocycles. The Balaban J connectivity index is 0.00000108. The van der Waals surface area contributed by atoms with Crippen molar-refractivity contribution in [3.05, 3.63) is 40.8 Å². The summed E-state index contributed by atoms with van der Waals surface area (Å²) in [4.78, 5) is 5.62. The van der Waals surface area contributed by atoms with E-state index in [-0.39, 0.29) is 12.4 Å². The summed E-state index contributed by atoms with van der Waals surface area (Å²) < 4.78 is 0. The van der Waals surface area contributed by atoms with Crippen LogP contribution >= 0.6 is 23.7 Å². The third kappa shape index (κ3) is 2.20. The molecule has 1 aromatic heterocycles. The van der Waals surface area contributed by atoms with E-state index in [2.05, 4.69) is 16.4 Å². The molecule has 5 heteroatoms. The third-order valence-corrected chi connectivity index (χ3v) is 3.60. The highest BCUT2D eigenvalue weighted by Crippen LogP contribution is 2.36. The Kier molecular flexibility index (Phi) is 3.47. The molecule has 3 nitrogen and oxygen atoms in total. The van der Waals surface area contributed by atoms with Crippen LogP contribution in [-0.4, -0.2) is 6.21 Å². The molecule has 0 saturated carbocycles. The quantitative estimate of drug-likeness (QED) is 0.708. The molecular weight excluding hydrogens is 254 g/mol. The number of benzene rings is 1. The molecule has 0 unspecified atom stereocenters. The van der Waals surface area contributed by atoms with E-state index >= 15 is 0 Å². The van der Waals surface area contributed by atoms with Crippen LogP contribution in [0.5, 0.6) is 0 Å². The molecule has 0 fully saturated rings. The number of hydrogen-bond donors (Lipinski definition) is 2. The largest absolute Gasteiger partial charge is 0.345 e. The van der Waals surface area contributed by atoms with Gasteiger partial charge in [0.2, 0.25) is 0 Å². The van der Waals surface area contributed by atoms with Gasteiger partial charge < -0.3 is 11.1 Å². The fraction of sp³-hybridized carbons (Fsp3) is 0.0833. The third-order valence-electron chi connectivity index (χ3n) is 2.51. The van der Waals surface area contributed by atoms with E-state index in [9.17, 15) is 0 Å². The molecule has 2 aromatic rings. The second-order valence-electron chi connectivity index (χ2n) is 3.60. The van der Waals surface area contributed by atoms with Crippen LogP contribution in [0.4, 0.5) is 16.4 Å². The van der Waals surface area contributed by atoms with Crippen LogP contribution in [-0.2, 0) is 6.54 Å². The van der Waals surface area contributed by atoms with Crippen LogP contribution in [0.2, 0.25) is 0 Å². The van der Waals surface area contributed by atoms with E-state index in [1.165, 1.54) is 4.88 Å². The zero-order valence-corrected chi connectivity index (χ0v) is 10.6. The van der Waals surface area contributed by atoms with E-state index in [1.807, 2.05) is 30.5 Å². The molecule has 2 heterocycles. The average Bonchev–Trinajstić information content (AvgIpc) is 2.63. The van der Waals surface area contributed by atoms with Crippen molar-refractivity contribution in [1.82, 2.24) is 0 Å². The smallest absolute Gasteiger partial charge is 0.102 e. The van der Waals surface area contributed by atoms with E-state index < -0.39 is 0 Å². The lowest BCUT2D eigenvalue weighted by Gasteiger charge is -2.04. The van der Waals surface area contributed by atoms with Crippen molar-refractivity contribution in [2.75, 3.05) is 5.32 Å². The van der Waals surface area contributed by atoms with E-state index in [0.717, 1.165) is 21.9 Å². The van der Waals surface area contributed by atoms with Crippen LogP contribution < -0.4 is 11.1 Å². The minimum absolute atomic E-state index is 0. The minimum atomic E-state index is 0. The van der Waals surface area contributed by atoms with Gasteiger partial charge in [0.05, 0.1) is 11.4 Å². The number of anilines is 2. The van der Waals surface area contributed by atoms with Gasteiger partial charge in [-0.05, 0) is 18.2 Å². The summed E-state index contributed by atoms with van der Waals surface area (Å²) in [6, 6.07) is 10.1. The van der Waals surface area contributed by atoms with Crippen molar-refractivity contribution in [2.45, 2.75) is 6.54 Å². The molecule has 17 heavy (non-hydrogen) atoms. The van der Waals surface area contributed by atoms with Crippen molar-refractivity contribution < 1.29 is 0 Å². The van der Waals surface area contributed by atoms with Gasteiger partial charge in [-0.2, -0.15) is 0 Å². The molecule has 0 saturated heterocycles. The number of rotatable bonds is 1. The molecule has 0 radical (unpaired) electrons. The van der Waals surface area contributed by atoms with Gasteiger partial charge in [0.15, 0.2) is 0 Å². The molecule has 0 bridgehead atoms. The SMILES string of the molecule is Cl.NCc1cc2c(s1)Nc1ccccc1N=C2. The number of aliphatic imine (C=N–C) groups is 1. The molecule has 1 aromatic carbocycles. The van der Waals surface area contributed by atoms with E-state index in [0.29, 0.717) is 6.54 Å². The second kappa shape index (κ2) is 4.87. The maximum absolute atomic E-state index is 5.63. The number of fused-ring (bicyclic) bond motifs is 2. The van der Waals surface area contributed by atoms with Crippen LogP contribution in [0.1, 0.15) is 10.4 Å². The molecule has 3 N–H and O–H groups in total. The first-order valence-corrected chi connectivity index (χ1v) is 5.91. The van der Waals surface area contributed by atoms with Crippen molar-refractivity contribution in [3.63, 3.8) is 0 Å². The van der Waals surface area contributed by atoms with Gasteiger partial charge in [0, 0.05) is 23.2 Å². The van der Waals surface area contributed by atoms with Gasteiger partial charge in [-0.25, -0.2) is 0 Å². The Morgan fingerprint density at radius 3 is 2.94 bits per heavy atom. The number of halogens is 1. The Morgan fingerprint density at radius 1 is 1.29 bits per heavy atom. The maximum atomic E-state index is 5.63. The summed E-state index contributed by atoms with van der Waals surface area (Å²) in [5.41, 5.74) is 8.76. The highest BCUT2D eigenvalue weighted by molar-refractivity contribution is 7.16. The average molecular weight is 266 g/mol. The van der Waals surface area contributed by atoms with Crippen LogP contribution in [0, 0.1) is 0 Å². The van der Waals surface area contributed by atoms with Gasteiger partial charge in [0.25, 0.3) is 0 Å². The number of nitrogens with one attached hydrogen (secondary N) is 1. The highest BCUT2D eigenvalue weighted by Gasteiger charge is 2.11. The number of thiophene rings is 1. The lowest BCUT2D eigenvalue weighted by atomic mass is 10.3. The van der Waals surface area contributed by atoms with Crippen molar-refractivity contribution >= 4 is 46.3 Å². The molecule has 1 aliphatic rings. The first-order valence-electron chi connectivity index (χ1n) is 5.10. The summed E-state index contributed by atoms with van der Waals surface area (Å²) in [7, 11) is 0. The molecule has 88 valence electrons. The van der Waals surface area contributed by atoms with Crippen molar-refractivity contribution in [1.29, 1.82) is 0 Å². The number of nitrogens with zero attached hydrogens (tertiary/aromatic N) is 1. The monoisotopic (exact) mass is 265 g/mol. The van der Waals surface area contributed by atoms with Gasteiger partial charge in [-0.3, -0.25) is 4.99 Å². The maximum Gasteiger partial charge on any atom is 0.102 e. The highest BCUT2D eigenvalue weighted by atomic mass is 35.5. The fourth-order valence-electron chi connectivity index (χ4n) is 1.71. The van der Waals surface area contributed by atoms with Crippen molar-refractivity contribution in [2.24, 2.45) is 10.7 Å². The zero-order valence-electron chi connectivity index (χ0n) is 9.01. The molecule has 0 amide bonds. The summed E-state index contributed by atoms with van der Waals surface area (Å²) in [6.07, 6.45) is 1.89. The molecule has 3 rings (SSSR count). The predicted octanol–water partition coefficient (Wildman–Crippen LogP) is 3.44. The lowest BCUT2D eigenvalue weighted by molar-refractivity contribution is 1.11. The van der Waals surface area contributed by atoms with Crippen LogP contribution in [0.25, 0.3) is 0 Å². The number of nitrogens with two attached hydrogens (primary N) is 1. The minimum Gasteiger partial charge on any atom is -0.345 e. The van der Waals surface area contributed by atoms with Crippen LogP contribution in [0.15, 0.2) is 35.3 Å².